The fourth-order valence-electron chi connectivity index (χ4n) is 1.76. The number of aliphatic hydroxyl groups excluding tert-OH is 1. The van der Waals surface area contributed by atoms with Crippen LogP contribution in [0, 0.1) is 0 Å². The van der Waals surface area contributed by atoms with Crippen LogP contribution in [0.25, 0.3) is 10.8 Å². The molecule has 96 valence electrons. The third kappa shape index (κ3) is 2.83. The summed E-state index contributed by atoms with van der Waals surface area (Å²) in [5.41, 5.74) is 0. The van der Waals surface area contributed by atoms with Crippen molar-refractivity contribution in [2.75, 3.05) is 12.4 Å². The van der Waals surface area contributed by atoms with Crippen LogP contribution < -0.4 is 0 Å². The van der Waals surface area contributed by atoms with Crippen molar-refractivity contribution >= 4 is 32.2 Å². The lowest BCUT2D eigenvalue weighted by molar-refractivity contribution is 0.295. The van der Waals surface area contributed by atoms with E-state index >= 15 is 0 Å². The van der Waals surface area contributed by atoms with Gasteiger partial charge in [-0.3, -0.25) is 0 Å². The summed E-state index contributed by atoms with van der Waals surface area (Å²) >= 11 is 5.87. The maximum atomic E-state index is 12.0. The Morgan fingerprint density at radius 2 is 1.72 bits per heavy atom. The number of rotatable bonds is 4. The molecular weight excluding hydrogens is 272 g/mol. The highest BCUT2D eigenvalue weighted by atomic mass is 35.5. The van der Waals surface area contributed by atoms with Crippen LogP contribution in [0.3, 0.4) is 0 Å². The molecule has 0 aliphatic rings. The Bertz CT molecular complexity index is 665. The van der Waals surface area contributed by atoms with Gasteiger partial charge in [-0.15, -0.1) is 0 Å². The summed E-state index contributed by atoms with van der Waals surface area (Å²) in [6.07, 6.45) is 0.251. The number of aliphatic hydroxyl groups is 1. The summed E-state index contributed by atoms with van der Waals surface area (Å²) in [6, 6.07) is 10.3. The number of sulfone groups is 1. The van der Waals surface area contributed by atoms with E-state index in [9.17, 15) is 8.42 Å². The number of benzene rings is 2. The van der Waals surface area contributed by atoms with Crippen molar-refractivity contribution in [3.63, 3.8) is 0 Å². The Hall–Kier alpha value is -1.10. The zero-order chi connectivity index (χ0) is 13.2. The standard InChI is InChI=1S/C13H13ClO3S/c14-12-4-2-11-9-13(5-3-10(11)8-12)18(16,17)7-1-6-15/h2-5,8-9,15H,1,6-7H2. The lowest BCUT2D eigenvalue weighted by Crippen LogP contribution is -2.08. The van der Waals surface area contributed by atoms with Crippen LogP contribution >= 0.6 is 11.6 Å². The smallest absolute Gasteiger partial charge is 0.178 e. The Kier molecular flexibility index (Phi) is 3.90. The van der Waals surface area contributed by atoms with Gasteiger partial charge in [0.2, 0.25) is 0 Å². The molecule has 0 saturated heterocycles. The molecule has 0 heterocycles. The fraction of sp³-hybridized carbons (Fsp3) is 0.231. The molecule has 0 spiro atoms. The van der Waals surface area contributed by atoms with Gasteiger partial charge in [0.05, 0.1) is 10.6 Å². The van der Waals surface area contributed by atoms with Crippen LogP contribution in [0.1, 0.15) is 6.42 Å². The molecular formula is C13H13ClO3S. The average molecular weight is 285 g/mol. The van der Waals surface area contributed by atoms with Crippen LogP contribution in [-0.4, -0.2) is 25.9 Å². The van der Waals surface area contributed by atoms with E-state index in [4.69, 9.17) is 16.7 Å². The van der Waals surface area contributed by atoms with Crippen molar-refractivity contribution in [3.8, 4) is 0 Å². The molecule has 0 saturated carbocycles. The van der Waals surface area contributed by atoms with Crippen LogP contribution in [0.15, 0.2) is 41.3 Å². The monoisotopic (exact) mass is 284 g/mol. The molecule has 18 heavy (non-hydrogen) atoms. The highest BCUT2D eigenvalue weighted by Crippen LogP contribution is 2.23. The summed E-state index contributed by atoms with van der Waals surface area (Å²) in [5, 5.41) is 11.1. The quantitative estimate of drug-likeness (QED) is 0.939. The molecule has 0 aliphatic carbocycles. The van der Waals surface area contributed by atoms with E-state index in [2.05, 4.69) is 0 Å². The molecule has 3 nitrogen and oxygen atoms in total. The van der Waals surface area contributed by atoms with Gasteiger partial charge in [-0.1, -0.05) is 23.7 Å². The molecule has 0 amide bonds. The first-order valence-corrected chi connectivity index (χ1v) is 7.59. The second kappa shape index (κ2) is 5.26. The number of fused-ring (bicyclic) bond motifs is 1. The first-order valence-electron chi connectivity index (χ1n) is 5.56. The minimum Gasteiger partial charge on any atom is -0.396 e. The number of hydrogen-bond donors (Lipinski definition) is 1. The summed E-state index contributed by atoms with van der Waals surface area (Å²) in [7, 11) is -3.32. The first-order chi connectivity index (χ1) is 8.53. The number of halogens is 1. The zero-order valence-corrected chi connectivity index (χ0v) is 11.2. The Labute approximate surface area is 111 Å². The van der Waals surface area contributed by atoms with Crippen molar-refractivity contribution in [2.45, 2.75) is 11.3 Å². The van der Waals surface area contributed by atoms with E-state index in [0.717, 1.165) is 10.8 Å². The highest BCUT2D eigenvalue weighted by molar-refractivity contribution is 7.91. The average Bonchev–Trinajstić information content (AvgIpc) is 2.35. The molecule has 0 bridgehead atoms. The van der Waals surface area contributed by atoms with E-state index in [0.29, 0.717) is 5.02 Å². The van der Waals surface area contributed by atoms with Gasteiger partial charge in [0, 0.05) is 11.6 Å². The minimum atomic E-state index is -3.32. The summed E-state index contributed by atoms with van der Waals surface area (Å²) in [4.78, 5) is 0.283. The topological polar surface area (TPSA) is 54.4 Å². The summed E-state index contributed by atoms with van der Waals surface area (Å²) in [6.45, 7) is -0.123. The van der Waals surface area contributed by atoms with Gasteiger partial charge >= 0.3 is 0 Å². The minimum absolute atomic E-state index is 0.0391. The van der Waals surface area contributed by atoms with Gasteiger partial charge < -0.3 is 5.11 Å². The molecule has 2 rings (SSSR count). The van der Waals surface area contributed by atoms with Gasteiger partial charge in [-0.2, -0.15) is 0 Å². The summed E-state index contributed by atoms with van der Waals surface area (Å²) in [5.74, 6) is -0.0391. The molecule has 0 unspecified atom stereocenters. The van der Waals surface area contributed by atoms with Crippen LogP contribution in [0.2, 0.25) is 5.02 Å². The Balaban J connectivity index is 2.44. The van der Waals surface area contributed by atoms with Gasteiger partial charge in [0.25, 0.3) is 0 Å². The van der Waals surface area contributed by atoms with Crippen molar-refractivity contribution in [1.82, 2.24) is 0 Å². The molecule has 1 N–H and O–H groups in total. The molecule has 0 aliphatic heterocycles. The summed E-state index contributed by atoms with van der Waals surface area (Å²) < 4.78 is 23.9. The normalized spacial score (nSPS) is 11.9. The van der Waals surface area contributed by atoms with Crippen molar-refractivity contribution in [1.29, 1.82) is 0 Å². The predicted molar refractivity (Wildman–Crippen MR) is 72.7 cm³/mol. The second-order valence-electron chi connectivity index (χ2n) is 4.05. The Morgan fingerprint density at radius 1 is 1.06 bits per heavy atom. The Morgan fingerprint density at radius 3 is 2.44 bits per heavy atom. The van der Waals surface area contributed by atoms with E-state index in [-0.39, 0.29) is 23.7 Å². The van der Waals surface area contributed by atoms with Gasteiger partial charge in [-0.05, 0) is 41.5 Å². The van der Waals surface area contributed by atoms with E-state index in [1.807, 2.05) is 0 Å². The van der Waals surface area contributed by atoms with Crippen LogP contribution in [0.5, 0.6) is 0 Å². The predicted octanol–water partition coefficient (Wildman–Crippen LogP) is 2.65. The molecule has 0 atom stereocenters. The maximum Gasteiger partial charge on any atom is 0.178 e. The third-order valence-electron chi connectivity index (χ3n) is 2.70. The van der Waals surface area contributed by atoms with Crippen molar-refractivity contribution in [3.05, 3.63) is 41.4 Å². The second-order valence-corrected chi connectivity index (χ2v) is 6.59. The van der Waals surface area contributed by atoms with Crippen molar-refractivity contribution < 1.29 is 13.5 Å². The van der Waals surface area contributed by atoms with Gasteiger partial charge in [-0.25, -0.2) is 8.42 Å². The molecule has 0 aromatic heterocycles. The first kappa shape index (κ1) is 13.3. The van der Waals surface area contributed by atoms with E-state index in [1.54, 1.807) is 36.4 Å². The van der Waals surface area contributed by atoms with Gasteiger partial charge in [0.15, 0.2) is 9.84 Å². The lowest BCUT2D eigenvalue weighted by atomic mass is 10.1. The van der Waals surface area contributed by atoms with E-state index < -0.39 is 9.84 Å². The van der Waals surface area contributed by atoms with Crippen LogP contribution in [0.4, 0.5) is 0 Å². The molecule has 2 aromatic rings. The highest BCUT2D eigenvalue weighted by Gasteiger charge is 2.14. The fourth-order valence-corrected chi connectivity index (χ4v) is 3.27. The zero-order valence-electron chi connectivity index (χ0n) is 9.64. The molecule has 0 fully saturated rings. The van der Waals surface area contributed by atoms with Gasteiger partial charge in [0.1, 0.15) is 0 Å². The lowest BCUT2D eigenvalue weighted by Gasteiger charge is -2.05. The maximum absolute atomic E-state index is 12.0. The van der Waals surface area contributed by atoms with Crippen molar-refractivity contribution in [2.24, 2.45) is 0 Å². The largest absolute Gasteiger partial charge is 0.396 e. The van der Waals surface area contributed by atoms with E-state index in [1.165, 1.54) is 0 Å². The molecule has 0 radical (unpaired) electrons. The molecule has 2 aromatic carbocycles. The molecule has 5 heteroatoms. The number of hydrogen-bond acceptors (Lipinski definition) is 3. The SMILES string of the molecule is O=S(=O)(CCCO)c1ccc2cc(Cl)ccc2c1. The third-order valence-corrected chi connectivity index (χ3v) is 4.74. The van der Waals surface area contributed by atoms with Crippen LogP contribution in [-0.2, 0) is 9.84 Å².